The zero-order chi connectivity index (χ0) is 9.26. The van der Waals surface area contributed by atoms with Gasteiger partial charge in [-0.25, -0.2) is 0 Å². The Hall–Kier alpha value is -0.820. The SMILES string of the molecule is C[C@H]1[C@@H](c2ccccc2)CC[C@@H]1O. The first-order valence-corrected chi connectivity index (χ1v) is 5.02. The molecule has 0 aromatic heterocycles. The second-order valence-corrected chi connectivity index (χ2v) is 4.02. The van der Waals surface area contributed by atoms with Gasteiger partial charge in [-0.2, -0.15) is 0 Å². The summed E-state index contributed by atoms with van der Waals surface area (Å²) in [6.07, 6.45) is 2.00. The summed E-state index contributed by atoms with van der Waals surface area (Å²) >= 11 is 0. The first kappa shape index (κ1) is 8.76. The smallest absolute Gasteiger partial charge is 0.0571 e. The molecule has 1 aliphatic carbocycles. The van der Waals surface area contributed by atoms with Gasteiger partial charge in [-0.15, -0.1) is 0 Å². The van der Waals surface area contributed by atoms with E-state index < -0.39 is 0 Å². The summed E-state index contributed by atoms with van der Waals surface area (Å²) in [5.41, 5.74) is 1.38. The van der Waals surface area contributed by atoms with Crippen LogP contribution in [0.2, 0.25) is 0 Å². The van der Waals surface area contributed by atoms with Gasteiger partial charge in [-0.1, -0.05) is 37.3 Å². The largest absolute Gasteiger partial charge is 0.393 e. The Morgan fingerprint density at radius 1 is 1.15 bits per heavy atom. The Bertz CT molecular complexity index is 268. The van der Waals surface area contributed by atoms with Crippen LogP contribution in [-0.4, -0.2) is 11.2 Å². The van der Waals surface area contributed by atoms with Crippen molar-refractivity contribution >= 4 is 0 Å². The quantitative estimate of drug-likeness (QED) is 0.697. The van der Waals surface area contributed by atoms with Crippen LogP contribution < -0.4 is 0 Å². The molecule has 3 atom stereocenters. The summed E-state index contributed by atoms with van der Waals surface area (Å²) in [7, 11) is 0. The van der Waals surface area contributed by atoms with Crippen LogP contribution in [0.5, 0.6) is 0 Å². The fourth-order valence-corrected chi connectivity index (χ4v) is 2.31. The lowest BCUT2D eigenvalue weighted by molar-refractivity contribution is 0.136. The zero-order valence-electron chi connectivity index (χ0n) is 7.98. The molecule has 0 amide bonds. The van der Waals surface area contributed by atoms with Gasteiger partial charge in [0.2, 0.25) is 0 Å². The highest BCUT2D eigenvalue weighted by Crippen LogP contribution is 2.39. The van der Waals surface area contributed by atoms with Gasteiger partial charge in [-0.3, -0.25) is 0 Å². The predicted octanol–water partition coefficient (Wildman–Crippen LogP) is 2.56. The van der Waals surface area contributed by atoms with Gasteiger partial charge in [0, 0.05) is 0 Å². The Morgan fingerprint density at radius 2 is 1.85 bits per heavy atom. The monoisotopic (exact) mass is 176 g/mol. The molecule has 1 nitrogen and oxygen atoms in total. The fraction of sp³-hybridized carbons (Fsp3) is 0.500. The first-order valence-electron chi connectivity index (χ1n) is 5.02. The van der Waals surface area contributed by atoms with Crippen molar-refractivity contribution < 1.29 is 5.11 Å². The van der Waals surface area contributed by atoms with Crippen LogP contribution in [0.25, 0.3) is 0 Å². The molecule has 0 unspecified atom stereocenters. The van der Waals surface area contributed by atoms with Crippen LogP contribution in [0, 0.1) is 5.92 Å². The zero-order valence-corrected chi connectivity index (χ0v) is 7.98. The second-order valence-electron chi connectivity index (χ2n) is 4.02. The highest BCUT2D eigenvalue weighted by molar-refractivity contribution is 5.21. The third-order valence-corrected chi connectivity index (χ3v) is 3.24. The molecule has 0 aliphatic heterocycles. The molecule has 0 bridgehead atoms. The molecule has 0 heterocycles. The van der Waals surface area contributed by atoms with Crippen LogP contribution in [0.3, 0.4) is 0 Å². The van der Waals surface area contributed by atoms with Gasteiger partial charge in [-0.05, 0) is 30.2 Å². The molecule has 0 saturated heterocycles. The number of hydrogen-bond donors (Lipinski definition) is 1. The van der Waals surface area contributed by atoms with Crippen molar-refractivity contribution in [3.8, 4) is 0 Å². The Labute approximate surface area is 79.4 Å². The summed E-state index contributed by atoms with van der Waals surface area (Å²) in [5.74, 6) is 0.985. The molecule has 70 valence electrons. The number of aliphatic hydroxyl groups excluding tert-OH is 1. The Balaban J connectivity index is 2.19. The Kier molecular flexibility index (Phi) is 2.36. The van der Waals surface area contributed by atoms with Gasteiger partial charge >= 0.3 is 0 Å². The normalized spacial score (nSPS) is 33.5. The molecule has 1 aromatic carbocycles. The average Bonchev–Trinajstić information content (AvgIpc) is 2.49. The number of hydrogen-bond acceptors (Lipinski definition) is 1. The molecule has 0 spiro atoms. The minimum atomic E-state index is -0.0924. The van der Waals surface area contributed by atoms with E-state index in [1.807, 2.05) is 6.07 Å². The molecule has 1 aromatic rings. The minimum Gasteiger partial charge on any atom is -0.393 e. The van der Waals surface area contributed by atoms with Crippen LogP contribution in [0.1, 0.15) is 31.2 Å². The van der Waals surface area contributed by atoms with Crippen molar-refractivity contribution in [1.82, 2.24) is 0 Å². The maximum atomic E-state index is 9.63. The van der Waals surface area contributed by atoms with Crippen molar-refractivity contribution in [2.75, 3.05) is 0 Å². The fourth-order valence-electron chi connectivity index (χ4n) is 2.31. The second kappa shape index (κ2) is 3.51. The molecule has 1 saturated carbocycles. The van der Waals surface area contributed by atoms with Gasteiger partial charge < -0.3 is 5.11 Å². The standard InChI is InChI=1S/C12H16O/c1-9-11(7-8-12(9)13)10-5-3-2-4-6-10/h2-6,9,11-13H,7-8H2,1H3/t9-,11-,12-/m0/s1. The van der Waals surface area contributed by atoms with Gasteiger partial charge in [0.05, 0.1) is 6.10 Å². The van der Waals surface area contributed by atoms with E-state index in [2.05, 4.69) is 31.2 Å². The molecule has 13 heavy (non-hydrogen) atoms. The topological polar surface area (TPSA) is 20.2 Å². The minimum absolute atomic E-state index is 0.0924. The van der Waals surface area contributed by atoms with E-state index in [0.717, 1.165) is 12.8 Å². The highest BCUT2D eigenvalue weighted by Gasteiger charge is 2.31. The molecule has 0 radical (unpaired) electrons. The van der Waals surface area contributed by atoms with E-state index >= 15 is 0 Å². The lowest BCUT2D eigenvalue weighted by atomic mass is 9.90. The third-order valence-electron chi connectivity index (χ3n) is 3.24. The Morgan fingerprint density at radius 3 is 2.38 bits per heavy atom. The maximum Gasteiger partial charge on any atom is 0.0571 e. The first-order chi connectivity index (χ1) is 6.29. The summed E-state index contributed by atoms with van der Waals surface area (Å²) in [5, 5.41) is 9.63. The van der Waals surface area contributed by atoms with Gasteiger partial charge in [0.15, 0.2) is 0 Å². The van der Waals surface area contributed by atoms with E-state index in [1.165, 1.54) is 5.56 Å². The lowest BCUT2D eigenvalue weighted by Crippen LogP contribution is -2.13. The molecule has 1 heteroatoms. The van der Waals surface area contributed by atoms with Crippen LogP contribution in [0.4, 0.5) is 0 Å². The van der Waals surface area contributed by atoms with Gasteiger partial charge in [0.25, 0.3) is 0 Å². The molecular weight excluding hydrogens is 160 g/mol. The van der Waals surface area contributed by atoms with Crippen LogP contribution >= 0.6 is 0 Å². The average molecular weight is 176 g/mol. The number of benzene rings is 1. The van der Waals surface area contributed by atoms with E-state index in [0.29, 0.717) is 11.8 Å². The third kappa shape index (κ3) is 1.61. The molecule has 1 N–H and O–H groups in total. The summed E-state index contributed by atoms with van der Waals surface area (Å²) in [6.45, 7) is 2.15. The van der Waals surface area contributed by atoms with Crippen molar-refractivity contribution in [1.29, 1.82) is 0 Å². The molecule has 2 rings (SSSR count). The predicted molar refractivity (Wildman–Crippen MR) is 53.6 cm³/mol. The summed E-state index contributed by atoms with van der Waals surface area (Å²) in [4.78, 5) is 0. The van der Waals surface area contributed by atoms with Crippen molar-refractivity contribution in [2.45, 2.75) is 31.8 Å². The summed E-state index contributed by atoms with van der Waals surface area (Å²) in [6, 6.07) is 10.5. The van der Waals surface area contributed by atoms with E-state index in [9.17, 15) is 5.11 Å². The van der Waals surface area contributed by atoms with E-state index in [4.69, 9.17) is 0 Å². The maximum absolute atomic E-state index is 9.63. The van der Waals surface area contributed by atoms with Crippen molar-refractivity contribution in [2.24, 2.45) is 5.92 Å². The van der Waals surface area contributed by atoms with Crippen molar-refractivity contribution in [3.05, 3.63) is 35.9 Å². The van der Waals surface area contributed by atoms with E-state index in [-0.39, 0.29) is 6.10 Å². The van der Waals surface area contributed by atoms with Crippen LogP contribution in [-0.2, 0) is 0 Å². The molecule has 1 fully saturated rings. The number of aliphatic hydroxyl groups is 1. The summed E-state index contributed by atoms with van der Waals surface area (Å²) < 4.78 is 0. The number of rotatable bonds is 1. The molecular formula is C12H16O. The van der Waals surface area contributed by atoms with E-state index in [1.54, 1.807) is 0 Å². The van der Waals surface area contributed by atoms with Crippen molar-refractivity contribution in [3.63, 3.8) is 0 Å². The lowest BCUT2D eigenvalue weighted by Gasteiger charge is -2.17. The molecule has 1 aliphatic rings. The van der Waals surface area contributed by atoms with Gasteiger partial charge in [0.1, 0.15) is 0 Å². The highest BCUT2D eigenvalue weighted by atomic mass is 16.3. The van der Waals surface area contributed by atoms with Crippen LogP contribution in [0.15, 0.2) is 30.3 Å².